The highest BCUT2D eigenvalue weighted by atomic mass is 32.5. The molecule has 0 bridgehead atoms. The van der Waals surface area contributed by atoms with E-state index >= 15 is 0 Å². The lowest BCUT2D eigenvalue weighted by molar-refractivity contribution is -0.213. The van der Waals surface area contributed by atoms with E-state index in [1.807, 2.05) is 6.92 Å². The van der Waals surface area contributed by atoms with E-state index < -0.39 is 35.9 Å². The second-order valence-corrected chi connectivity index (χ2v) is 9.08. The van der Waals surface area contributed by atoms with E-state index in [-0.39, 0.29) is 6.61 Å². The number of hydrogen-bond acceptors (Lipinski definition) is 7. The van der Waals surface area contributed by atoms with Crippen LogP contribution in [0.5, 0.6) is 0 Å². The van der Waals surface area contributed by atoms with E-state index in [4.69, 9.17) is 30.3 Å². The summed E-state index contributed by atoms with van der Waals surface area (Å²) in [6, 6.07) is 0. The van der Waals surface area contributed by atoms with E-state index in [0.29, 0.717) is 25.0 Å². The number of hydrogen-bond donors (Lipinski definition) is 2. The van der Waals surface area contributed by atoms with Crippen molar-refractivity contribution in [3.63, 3.8) is 0 Å². The van der Waals surface area contributed by atoms with Gasteiger partial charge < -0.3 is 18.9 Å². The van der Waals surface area contributed by atoms with Crippen molar-refractivity contribution in [2.45, 2.75) is 51.5 Å². The van der Waals surface area contributed by atoms with Crippen LogP contribution in [0, 0.1) is 6.92 Å². The van der Waals surface area contributed by atoms with Crippen LogP contribution in [0.2, 0.25) is 0 Å². The predicted molar refractivity (Wildman–Crippen MR) is 98.7 cm³/mol. The summed E-state index contributed by atoms with van der Waals surface area (Å²) in [5.74, 6) is 0. The molecule has 0 saturated carbocycles. The van der Waals surface area contributed by atoms with Gasteiger partial charge >= 0.3 is 12.4 Å². The van der Waals surface area contributed by atoms with Gasteiger partial charge in [0.2, 0.25) is 0 Å². The smallest absolute Gasteiger partial charge is 0.330 e. The van der Waals surface area contributed by atoms with Gasteiger partial charge in [-0.3, -0.25) is 18.9 Å². The number of ether oxygens (including phenoxy) is 2. The van der Waals surface area contributed by atoms with Gasteiger partial charge in [-0.05, 0) is 32.1 Å². The quantitative estimate of drug-likeness (QED) is 0.648. The fourth-order valence-corrected chi connectivity index (χ4v) is 3.93. The zero-order valence-electron chi connectivity index (χ0n) is 15.3. The van der Waals surface area contributed by atoms with Gasteiger partial charge in [-0.15, -0.1) is 0 Å². The van der Waals surface area contributed by atoms with Crippen molar-refractivity contribution in [1.82, 2.24) is 9.55 Å². The summed E-state index contributed by atoms with van der Waals surface area (Å²) < 4.78 is 23.5. The number of aromatic nitrogens is 2. The van der Waals surface area contributed by atoms with Crippen molar-refractivity contribution in [2.75, 3.05) is 20.3 Å². The van der Waals surface area contributed by atoms with Gasteiger partial charge in [-0.1, -0.05) is 6.92 Å². The average Bonchev–Trinajstić information content (AvgIpc) is 2.59. The van der Waals surface area contributed by atoms with Gasteiger partial charge in [0.15, 0.2) is 0 Å². The van der Waals surface area contributed by atoms with E-state index in [2.05, 4.69) is 4.98 Å². The van der Waals surface area contributed by atoms with Crippen LogP contribution in [0.1, 0.15) is 38.5 Å². The van der Waals surface area contributed by atoms with Crippen molar-refractivity contribution in [2.24, 2.45) is 0 Å². The highest BCUT2D eigenvalue weighted by Crippen LogP contribution is 2.48. The first kappa shape index (κ1) is 21.4. The van der Waals surface area contributed by atoms with Crippen molar-refractivity contribution in [1.29, 1.82) is 0 Å². The van der Waals surface area contributed by atoms with Crippen molar-refractivity contribution >= 4 is 18.5 Å². The minimum Gasteiger partial charge on any atom is -0.379 e. The molecule has 4 atom stereocenters. The molecule has 0 spiro atoms. The number of rotatable bonds is 7. The molecule has 0 amide bonds. The third kappa shape index (κ3) is 4.69. The Morgan fingerprint density at radius 3 is 2.88 bits per heavy atom. The maximum atomic E-state index is 12.1. The summed E-state index contributed by atoms with van der Waals surface area (Å²) in [6.45, 7) is 2.44. The molecule has 11 heteroatoms. The fourth-order valence-electron chi connectivity index (χ4n) is 2.95. The summed E-state index contributed by atoms with van der Waals surface area (Å²) in [4.78, 5) is 36.0. The number of aryl methyl sites for hydroxylation is 1. The van der Waals surface area contributed by atoms with Crippen LogP contribution in [-0.4, -0.2) is 46.5 Å². The molecule has 2 rings (SSSR count). The summed E-state index contributed by atoms with van der Waals surface area (Å²) >= 11 is 4.95. The Hall–Kier alpha value is -0.870. The summed E-state index contributed by atoms with van der Waals surface area (Å²) in [7, 11) is 1.28. The zero-order valence-corrected chi connectivity index (χ0v) is 17.0. The Morgan fingerprint density at radius 1 is 1.58 bits per heavy atom. The van der Waals surface area contributed by atoms with E-state index in [1.54, 1.807) is 13.8 Å². The molecule has 1 fully saturated rings. The van der Waals surface area contributed by atoms with Crippen LogP contribution < -0.4 is 11.2 Å². The molecule has 9 nitrogen and oxygen atoms in total. The number of H-pyrrole nitrogens is 1. The van der Waals surface area contributed by atoms with Crippen molar-refractivity contribution < 1.29 is 23.4 Å². The van der Waals surface area contributed by atoms with Gasteiger partial charge in [0.25, 0.3) is 5.56 Å². The van der Waals surface area contributed by atoms with Gasteiger partial charge in [-0.25, -0.2) is 4.79 Å². The standard InChI is InChI=1S/C15H25N2O7PS/c1-5-15(6-7-22-9-12(15)24-25(20,26)21-4)23-11(3)17-8-10(2)13(18)16-14(17)19/h8,11-12H,5-7,9H2,1-4H3,(H,20,26)(H,16,18,19)/t11?,12?,15-,25?/m0/s1. The molecule has 1 saturated heterocycles. The van der Waals surface area contributed by atoms with E-state index in [9.17, 15) is 14.5 Å². The Bertz CT molecular complexity index is 795. The molecule has 1 aromatic heterocycles. The summed E-state index contributed by atoms with van der Waals surface area (Å²) in [6.07, 6.45) is 1.16. The SMILES string of the molecule is CC[C@]1(OC(C)n2cc(C)c(=O)[nH]c2=O)CCOCC1OP(O)(=S)OC. The van der Waals surface area contributed by atoms with E-state index in [0.717, 1.165) is 0 Å². The van der Waals surface area contributed by atoms with Crippen LogP contribution in [0.15, 0.2) is 15.8 Å². The highest BCUT2D eigenvalue weighted by Gasteiger charge is 2.46. The number of nitrogens with one attached hydrogen (secondary N) is 1. The second kappa shape index (κ2) is 8.43. The van der Waals surface area contributed by atoms with Crippen LogP contribution in [0.3, 0.4) is 0 Å². The second-order valence-electron chi connectivity index (χ2n) is 6.18. The molecule has 1 aliphatic heterocycles. The molecule has 148 valence electrons. The third-order valence-corrected chi connectivity index (χ3v) is 6.25. The first-order chi connectivity index (χ1) is 12.1. The largest absolute Gasteiger partial charge is 0.379 e. The average molecular weight is 408 g/mol. The molecule has 3 unspecified atom stereocenters. The minimum absolute atomic E-state index is 0.183. The van der Waals surface area contributed by atoms with Gasteiger partial charge in [0, 0.05) is 31.9 Å². The minimum atomic E-state index is -3.42. The Labute approximate surface area is 156 Å². The topological polar surface area (TPSA) is 112 Å². The zero-order chi connectivity index (χ0) is 19.5. The van der Waals surface area contributed by atoms with Crippen LogP contribution in [0.25, 0.3) is 0 Å². The van der Waals surface area contributed by atoms with Crippen LogP contribution >= 0.6 is 6.72 Å². The molecule has 26 heavy (non-hydrogen) atoms. The Morgan fingerprint density at radius 2 is 2.27 bits per heavy atom. The molecular weight excluding hydrogens is 383 g/mol. The lowest BCUT2D eigenvalue weighted by Crippen LogP contribution is -2.53. The highest BCUT2D eigenvalue weighted by molar-refractivity contribution is 8.07. The lowest BCUT2D eigenvalue weighted by Gasteiger charge is -2.44. The van der Waals surface area contributed by atoms with E-state index in [1.165, 1.54) is 17.9 Å². The number of nitrogens with zero attached hydrogens (tertiary/aromatic N) is 1. The van der Waals surface area contributed by atoms with Crippen LogP contribution in [-0.2, 0) is 30.3 Å². The fraction of sp³-hybridized carbons (Fsp3) is 0.733. The maximum absolute atomic E-state index is 12.1. The Kier molecular flexibility index (Phi) is 6.95. The first-order valence-electron chi connectivity index (χ1n) is 8.28. The van der Waals surface area contributed by atoms with Crippen molar-refractivity contribution in [3.8, 4) is 0 Å². The first-order valence-corrected chi connectivity index (χ1v) is 10.9. The molecule has 2 heterocycles. The summed E-state index contributed by atoms with van der Waals surface area (Å²) in [5.41, 5.74) is -1.42. The maximum Gasteiger partial charge on any atom is 0.330 e. The molecular formula is C15H25N2O7PS. The Balaban J connectivity index is 2.32. The van der Waals surface area contributed by atoms with Crippen LogP contribution in [0.4, 0.5) is 0 Å². The lowest BCUT2D eigenvalue weighted by atomic mass is 9.88. The molecule has 0 aliphatic carbocycles. The molecule has 2 N–H and O–H groups in total. The third-order valence-electron chi connectivity index (χ3n) is 4.56. The molecule has 1 aromatic rings. The monoisotopic (exact) mass is 408 g/mol. The number of aromatic amines is 1. The predicted octanol–water partition coefficient (Wildman–Crippen LogP) is 1.20. The molecule has 0 aromatic carbocycles. The molecule has 0 radical (unpaired) electrons. The van der Waals surface area contributed by atoms with Gasteiger partial charge in [0.05, 0.1) is 6.61 Å². The molecule has 1 aliphatic rings. The normalized spacial score (nSPS) is 27.0. The van der Waals surface area contributed by atoms with Gasteiger partial charge in [-0.2, -0.15) is 0 Å². The summed E-state index contributed by atoms with van der Waals surface area (Å²) in [5, 5.41) is 0. The van der Waals surface area contributed by atoms with Crippen molar-refractivity contribution in [3.05, 3.63) is 32.6 Å². The van der Waals surface area contributed by atoms with Gasteiger partial charge in [0.1, 0.15) is 17.9 Å².